The van der Waals surface area contributed by atoms with E-state index in [2.05, 4.69) is 17.6 Å². The molecule has 0 aliphatic heterocycles. The first-order valence-electron chi connectivity index (χ1n) is 8.55. The van der Waals surface area contributed by atoms with Crippen LogP contribution in [0.4, 0.5) is 0 Å². The highest BCUT2D eigenvalue weighted by atomic mass is 35.5. The van der Waals surface area contributed by atoms with Crippen LogP contribution in [0.5, 0.6) is 0 Å². The Labute approximate surface area is 145 Å². The van der Waals surface area contributed by atoms with Gasteiger partial charge in [0, 0.05) is 29.2 Å². The van der Waals surface area contributed by atoms with Crippen molar-refractivity contribution in [3.63, 3.8) is 0 Å². The first-order chi connectivity index (χ1) is 10.7. The molecule has 2 nitrogen and oxygen atoms in total. The van der Waals surface area contributed by atoms with Gasteiger partial charge in [-0.2, -0.15) is 0 Å². The largest absolute Gasteiger partial charge is 0.315 e. The molecule has 2 rings (SSSR count). The van der Waals surface area contributed by atoms with Crippen LogP contribution in [0.3, 0.4) is 0 Å². The standard InChI is InChI=1S/C18H28Cl2N2/c1-14(15-5-3-2-4-6-15)22-12-11-21-10-9-16-7-8-17(19)13-18(16)20/h7-8,13-15,21-22H,2-6,9-12H2,1H3/t14-/m0/s1. The lowest BCUT2D eigenvalue weighted by Gasteiger charge is -2.28. The zero-order valence-electron chi connectivity index (χ0n) is 13.5. The fraction of sp³-hybridized carbons (Fsp3) is 0.667. The monoisotopic (exact) mass is 342 g/mol. The van der Waals surface area contributed by atoms with Crippen LogP contribution in [-0.2, 0) is 6.42 Å². The minimum absolute atomic E-state index is 0.646. The van der Waals surface area contributed by atoms with Gasteiger partial charge in [0.1, 0.15) is 0 Å². The Morgan fingerprint density at radius 3 is 2.59 bits per heavy atom. The molecule has 1 aromatic carbocycles. The van der Waals surface area contributed by atoms with Gasteiger partial charge >= 0.3 is 0 Å². The van der Waals surface area contributed by atoms with Crippen LogP contribution in [0.1, 0.15) is 44.6 Å². The van der Waals surface area contributed by atoms with E-state index in [-0.39, 0.29) is 0 Å². The van der Waals surface area contributed by atoms with Gasteiger partial charge in [-0.05, 0) is 56.3 Å². The molecule has 1 aliphatic carbocycles. The molecule has 0 amide bonds. The summed E-state index contributed by atoms with van der Waals surface area (Å²) in [6.07, 6.45) is 7.99. The highest BCUT2D eigenvalue weighted by Crippen LogP contribution is 2.26. The Hall–Kier alpha value is -0.280. The summed E-state index contributed by atoms with van der Waals surface area (Å²) >= 11 is 12.1. The molecule has 124 valence electrons. The number of benzene rings is 1. The number of hydrogen-bond acceptors (Lipinski definition) is 2. The lowest BCUT2D eigenvalue weighted by Crippen LogP contribution is -2.39. The summed E-state index contributed by atoms with van der Waals surface area (Å²) in [5.74, 6) is 0.877. The summed E-state index contributed by atoms with van der Waals surface area (Å²) in [4.78, 5) is 0. The van der Waals surface area contributed by atoms with Gasteiger partial charge in [-0.25, -0.2) is 0 Å². The Morgan fingerprint density at radius 2 is 1.86 bits per heavy atom. The van der Waals surface area contributed by atoms with Gasteiger partial charge in [0.05, 0.1) is 0 Å². The van der Waals surface area contributed by atoms with Crippen molar-refractivity contribution in [3.05, 3.63) is 33.8 Å². The number of hydrogen-bond donors (Lipinski definition) is 2. The molecule has 0 radical (unpaired) electrons. The molecule has 1 saturated carbocycles. The normalized spacial score (nSPS) is 17.6. The molecule has 0 aromatic heterocycles. The van der Waals surface area contributed by atoms with Gasteiger partial charge in [0.2, 0.25) is 0 Å². The zero-order valence-corrected chi connectivity index (χ0v) is 15.0. The molecule has 0 unspecified atom stereocenters. The second kappa shape index (κ2) is 9.77. The van der Waals surface area contributed by atoms with Gasteiger partial charge < -0.3 is 10.6 Å². The molecule has 0 heterocycles. The maximum atomic E-state index is 6.17. The van der Waals surface area contributed by atoms with Crippen LogP contribution in [0.25, 0.3) is 0 Å². The molecule has 1 fully saturated rings. The smallest absolute Gasteiger partial charge is 0.0453 e. The molecule has 0 saturated heterocycles. The van der Waals surface area contributed by atoms with E-state index in [9.17, 15) is 0 Å². The van der Waals surface area contributed by atoms with Gasteiger partial charge in [0.15, 0.2) is 0 Å². The lowest BCUT2D eigenvalue weighted by atomic mass is 9.84. The third kappa shape index (κ3) is 6.08. The predicted molar refractivity (Wildman–Crippen MR) is 97.1 cm³/mol. The van der Waals surface area contributed by atoms with Crippen molar-refractivity contribution in [1.82, 2.24) is 10.6 Å². The van der Waals surface area contributed by atoms with E-state index in [1.54, 1.807) is 0 Å². The van der Waals surface area contributed by atoms with Crippen molar-refractivity contribution >= 4 is 23.2 Å². The summed E-state index contributed by atoms with van der Waals surface area (Å²) < 4.78 is 0. The van der Waals surface area contributed by atoms with Gasteiger partial charge in [-0.1, -0.05) is 48.5 Å². The zero-order chi connectivity index (χ0) is 15.8. The molecule has 1 atom stereocenters. The quantitative estimate of drug-likeness (QED) is 0.670. The third-order valence-electron chi connectivity index (χ3n) is 4.71. The molecule has 1 aromatic rings. The maximum absolute atomic E-state index is 6.17. The highest BCUT2D eigenvalue weighted by molar-refractivity contribution is 6.35. The minimum Gasteiger partial charge on any atom is -0.315 e. The minimum atomic E-state index is 0.646. The van der Waals surface area contributed by atoms with E-state index in [0.717, 1.165) is 42.6 Å². The first-order valence-corrected chi connectivity index (χ1v) is 9.30. The van der Waals surface area contributed by atoms with Crippen molar-refractivity contribution in [3.8, 4) is 0 Å². The summed E-state index contributed by atoms with van der Waals surface area (Å²) in [6.45, 7) is 5.32. The summed E-state index contributed by atoms with van der Waals surface area (Å²) in [5.41, 5.74) is 1.15. The van der Waals surface area contributed by atoms with Crippen molar-refractivity contribution < 1.29 is 0 Å². The number of halogens is 2. The molecule has 4 heteroatoms. The van der Waals surface area contributed by atoms with Crippen LogP contribution < -0.4 is 10.6 Å². The number of rotatable bonds is 8. The van der Waals surface area contributed by atoms with Crippen molar-refractivity contribution in [2.45, 2.75) is 51.5 Å². The SMILES string of the molecule is C[C@H](NCCNCCc1ccc(Cl)cc1Cl)C1CCCCC1. The van der Waals surface area contributed by atoms with E-state index in [0.29, 0.717) is 11.1 Å². The highest BCUT2D eigenvalue weighted by Gasteiger charge is 2.18. The molecule has 0 spiro atoms. The average Bonchev–Trinajstić information content (AvgIpc) is 2.53. The lowest BCUT2D eigenvalue weighted by molar-refractivity contribution is 0.282. The number of nitrogens with one attached hydrogen (secondary N) is 2. The van der Waals surface area contributed by atoms with Crippen LogP contribution in [0, 0.1) is 5.92 Å². The maximum Gasteiger partial charge on any atom is 0.0453 e. The summed E-state index contributed by atoms with van der Waals surface area (Å²) in [5, 5.41) is 8.60. The Balaban J connectivity index is 1.55. The molecular formula is C18H28Cl2N2. The fourth-order valence-corrected chi connectivity index (χ4v) is 3.76. The first kappa shape index (κ1) is 18.1. The molecular weight excluding hydrogens is 315 g/mol. The van der Waals surface area contributed by atoms with Gasteiger partial charge in [0.25, 0.3) is 0 Å². The van der Waals surface area contributed by atoms with Gasteiger partial charge in [-0.3, -0.25) is 0 Å². The van der Waals surface area contributed by atoms with Crippen molar-refractivity contribution in [2.75, 3.05) is 19.6 Å². The third-order valence-corrected chi connectivity index (χ3v) is 5.30. The van der Waals surface area contributed by atoms with E-state index in [4.69, 9.17) is 23.2 Å². The van der Waals surface area contributed by atoms with Crippen LogP contribution in [-0.4, -0.2) is 25.7 Å². The summed E-state index contributed by atoms with van der Waals surface area (Å²) in [7, 11) is 0. The van der Waals surface area contributed by atoms with E-state index in [1.165, 1.54) is 32.1 Å². The topological polar surface area (TPSA) is 24.1 Å². The molecule has 2 N–H and O–H groups in total. The average molecular weight is 343 g/mol. The predicted octanol–water partition coefficient (Wildman–Crippen LogP) is 4.68. The Kier molecular flexibility index (Phi) is 8.02. The second-order valence-corrected chi connectivity index (χ2v) is 7.22. The Bertz CT molecular complexity index is 445. The molecule has 0 bridgehead atoms. The van der Waals surface area contributed by atoms with Crippen LogP contribution >= 0.6 is 23.2 Å². The van der Waals surface area contributed by atoms with E-state index < -0.39 is 0 Å². The fourth-order valence-electron chi connectivity index (χ4n) is 3.26. The van der Waals surface area contributed by atoms with Crippen LogP contribution in [0.15, 0.2) is 18.2 Å². The van der Waals surface area contributed by atoms with Crippen molar-refractivity contribution in [1.29, 1.82) is 0 Å². The van der Waals surface area contributed by atoms with Crippen molar-refractivity contribution in [2.24, 2.45) is 5.92 Å². The van der Waals surface area contributed by atoms with Crippen LogP contribution in [0.2, 0.25) is 10.0 Å². The van der Waals surface area contributed by atoms with E-state index in [1.807, 2.05) is 18.2 Å². The summed E-state index contributed by atoms with van der Waals surface area (Å²) in [6, 6.07) is 6.37. The van der Waals surface area contributed by atoms with Gasteiger partial charge in [-0.15, -0.1) is 0 Å². The van der Waals surface area contributed by atoms with E-state index >= 15 is 0 Å². The molecule has 22 heavy (non-hydrogen) atoms. The molecule has 1 aliphatic rings. The Morgan fingerprint density at radius 1 is 1.09 bits per heavy atom. The second-order valence-electron chi connectivity index (χ2n) is 6.38.